The van der Waals surface area contributed by atoms with E-state index in [0.717, 1.165) is 6.07 Å². The molecular formula is C11H13FO4. The molecule has 0 saturated heterocycles. The van der Waals surface area contributed by atoms with Gasteiger partial charge in [-0.15, -0.1) is 0 Å². The molecule has 0 fully saturated rings. The van der Waals surface area contributed by atoms with E-state index in [1.54, 1.807) is 13.8 Å². The van der Waals surface area contributed by atoms with Gasteiger partial charge in [-0.3, -0.25) is 4.79 Å². The zero-order valence-corrected chi connectivity index (χ0v) is 8.99. The number of rotatable bonds is 3. The van der Waals surface area contributed by atoms with Crippen LogP contribution in [0.25, 0.3) is 0 Å². The summed E-state index contributed by atoms with van der Waals surface area (Å²) in [4.78, 5) is 10.6. The summed E-state index contributed by atoms with van der Waals surface area (Å²) in [5, 5.41) is 27.0. The molecule has 5 heteroatoms. The number of phenols is 2. The fourth-order valence-corrected chi connectivity index (χ4v) is 1.46. The van der Waals surface area contributed by atoms with E-state index in [1.807, 2.05) is 0 Å². The Morgan fingerprint density at radius 1 is 1.38 bits per heavy atom. The van der Waals surface area contributed by atoms with Crippen LogP contribution in [0.3, 0.4) is 0 Å². The number of carboxylic acid groups (broad SMARTS) is 1. The van der Waals surface area contributed by atoms with Gasteiger partial charge in [0.15, 0.2) is 17.3 Å². The highest BCUT2D eigenvalue weighted by Gasteiger charge is 2.26. The first-order valence-corrected chi connectivity index (χ1v) is 4.68. The first-order chi connectivity index (χ1) is 7.24. The molecule has 0 amide bonds. The van der Waals surface area contributed by atoms with E-state index in [-0.39, 0.29) is 6.42 Å². The summed E-state index contributed by atoms with van der Waals surface area (Å²) in [6, 6.07) is 2.19. The van der Waals surface area contributed by atoms with E-state index in [2.05, 4.69) is 0 Å². The second-order valence-electron chi connectivity index (χ2n) is 4.28. The standard InChI is InChI=1S/C11H13FO4/c1-11(2,5-9(14)15)6-3-7(12)10(16)8(13)4-6/h3-4,13,16H,5H2,1-2H3,(H,14,15). The molecule has 0 unspecified atom stereocenters. The maximum absolute atomic E-state index is 13.2. The van der Waals surface area contributed by atoms with Gasteiger partial charge in [0.1, 0.15) is 0 Å². The third-order valence-electron chi connectivity index (χ3n) is 2.42. The van der Waals surface area contributed by atoms with Crippen molar-refractivity contribution < 1.29 is 24.5 Å². The normalized spacial score (nSPS) is 11.4. The van der Waals surface area contributed by atoms with Gasteiger partial charge in [0.2, 0.25) is 0 Å². The molecule has 0 bridgehead atoms. The van der Waals surface area contributed by atoms with Gasteiger partial charge >= 0.3 is 5.97 Å². The number of hydrogen-bond donors (Lipinski definition) is 3. The number of aromatic hydroxyl groups is 2. The van der Waals surface area contributed by atoms with Crippen LogP contribution < -0.4 is 0 Å². The van der Waals surface area contributed by atoms with Gasteiger partial charge in [0.05, 0.1) is 6.42 Å². The lowest BCUT2D eigenvalue weighted by Gasteiger charge is -2.23. The lowest BCUT2D eigenvalue weighted by molar-refractivity contribution is -0.138. The summed E-state index contributed by atoms with van der Waals surface area (Å²) in [6.45, 7) is 3.23. The number of phenolic OH excluding ortho intramolecular Hbond substituents is 2. The maximum atomic E-state index is 13.2. The molecule has 0 aliphatic rings. The molecule has 16 heavy (non-hydrogen) atoms. The van der Waals surface area contributed by atoms with Gasteiger partial charge in [0, 0.05) is 5.41 Å². The SMILES string of the molecule is CC(C)(CC(=O)O)c1cc(O)c(O)c(F)c1. The molecule has 88 valence electrons. The van der Waals surface area contributed by atoms with Gasteiger partial charge in [-0.25, -0.2) is 4.39 Å². The molecule has 0 aliphatic heterocycles. The molecule has 3 N–H and O–H groups in total. The van der Waals surface area contributed by atoms with Crippen LogP contribution in [0.15, 0.2) is 12.1 Å². The molecule has 0 heterocycles. The highest BCUT2D eigenvalue weighted by Crippen LogP contribution is 2.35. The van der Waals surface area contributed by atoms with Gasteiger partial charge in [-0.1, -0.05) is 13.8 Å². The van der Waals surface area contributed by atoms with Crippen LogP contribution >= 0.6 is 0 Å². The third kappa shape index (κ3) is 2.42. The molecule has 1 aromatic carbocycles. The highest BCUT2D eigenvalue weighted by atomic mass is 19.1. The average molecular weight is 228 g/mol. The second-order valence-corrected chi connectivity index (χ2v) is 4.28. The van der Waals surface area contributed by atoms with E-state index in [9.17, 15) is 14.3 Å². The molecule has 0 aliphatic carbocycles. The lowest BCUT2D eigenvalue weighted by atomic mass is 9.81. The van der Waals surface area contributed by atoms with Crippen molar-refractivity contribution in [3.8, 4) is 11.5 Å². The number of carboxylic acids is 1. The summed E-state index contributed by atoms with van der Waals surface area (Å²) >= 11 is 0. The first kappa shape index (κ1) is 12.3. The van der Waals surface area contributed by atoms with Crippen LogP contribution in [0, 0.1) is 5.82 Å². The summed E-state index contributed by atoms with van der Waals surface area (Å²) in [6.07, 6.45) is -0.198. The largest absolute Gasteiger partial charge is 0.504 e. The summed E-state index contributed by atoms with van der Waals surface area (Å²) in [5.74, 6) is -3.39. The fraction of sp³-hybridized carbons (Fsp3) is 0.364. The van der Waals surface area contributed by atoms with Crippen molar-refractivity contribution in [2.75, 3.05) is 0 Å². The van der Waals surface area contributed by atoms with Crippen molar-refractivity contribution in [3.63, 3.8) is 0 Å². The van der Waals surface area contributed by atoms with E-state index in [1.165, 1.54) is 6.07 Å². The molecule has 1 aromatic rings. The maximum Gasteiger partial charge on any atom is 0.304 e. The highest BCUT2D eigenvalue weighted by molar-refractivity contribution is 5.69. The van der Waals surface area contributed by atoms with E-state index in [4.69, 9.17) is 10.2 Å². The van der Waals surface area contributed by atoms with Crippen LogP contribution in [0.1, 0.15) is 25.8 Å². The molecule has 0 saturated carbocycles. The molecule has 4 nitrogen and oxygen atoms in total. The van der Waals surface area contributed by atoms with E-state index >= 15 is 0 Å². The quantitative estimate of drug-likeness (QED) is 0.691. The van der Waals surface area contributed by atoms with Crippen molar-refractivity contribution in [1.29, 1.82) is 0 Å². The van der Waals surface area contributed by atoms with Crippen LogP contribution in [0.5, 0.6) is 11.5 Å². The fourth-order valence-electron chi connectivity index (χ4n) is 1.46. The van der Waals surface area contributed by atoms with Crippen molar-refractivity contribution in [1.82, 2.24) is 0 Å². The lowest BCUT2D eigenvalue weighted by Crippen LogP contribution is -2.21. The molecule has 0 atom stereocenters. The van der Waals surface area contributed by atoms with Crippen LogP contribution in [0.2, 0.25) is 0 Å². The Morgan fingerprint density at radius 2 is 1.94 bits per heavy atom. The Kier molecular flexibility index (Phi) is 3.07. The van der Waals surface area contributed by atoms with Crippen molar-refractivity contribution in [2.24, 2.45) is 0 Å². The molecule has 1 rings (SSSR count). The molecular weight excluding hydrogens is 215 g/mol. The third-order valence-corrected chi connectivity index (χ3v) is 2.42. The van der Waals surface area contributed by atoms with Crippen LogP contribution in [0.4, 0.5) is 4.39 Å². The van der Waals surface area contributed by atoms with Crippen LogP contribution in [-0.2, 0) is 10.2 Å². The minimum Gasteiger partial charge on any atom is -0.504 e. The molecule has 0 spiro atoms. The van der Waals surface area contributed by atoms with E-state index in [0.29, 0.717) is 5.56 Å². The topological polar surface area (TPSA) is 77.8 Å². The Bertz CT molecular complexity index is 403. The van der Waals surface area contributed by atoms with Crippen molar-refractivity contribution >= 4 is 5.97 Å². The van der Waals surface area contributed by atoms with Crippen LogP contribution in [-0.4, -0.2) is 21.3 Å². The number of benzene rings is 1. The Hall–Kier alpha value is -1.78. The van der Waals surface area contributed by atoms with Gasteiger partial charge in [0.25, 0.3) is 0 Å². The number of halogens is 1. The zero-order valence-electron chi connectivity index (χ0n) is 8.99. The summed E-state index contributed by atoms with van der Waals surface area (Å²) in [5.41, 5.74) is -0.500. The second kappa shape index (κ2) is 4.00. The number of hydrogen-bond acceptors (Lipinski definition) is 3. The Morgan fingerprint density at radius 3 is 2.38 bits per heavy atom. The predicted octanol–water partition coefficient (Wildman–Crippen LogP) is 1.99. The van der Waals surface area contributed by atoms with Crippen molar-refractivity contribution in [2.45, 2.75) is 25.7 Å². The smallest absolute Gasteiger partial charge is 0.304 e. The molecule has 0 aromatic heterocycles. The van der Waals surface area contributed by atoms with Gasteiger partial charge < -0.3 is 15.3 Å². The predicted molar refractivity (Wildman–Crippen MR) is 55.0 cm³/mol. The number of carbonyl (C=O) groups is 1. The summed E-state index contributed by atoms with van der Waals surface area (Å²) < 4.78 is 13.2. The Balaban J connectivity index is 3.18. The van der Waals surface area contributed by atoms with Crippen molar-refractivity contribution in [3.05, 3.63) is 23.5 Å². The van der Waals surface area contributed by atoms with E-state index < -0.39 is 28.7 Å². The van der Waals surface area contributed by atoms with Gasteiger partial charge in [-0.2, -0.15) is 0 Å². The number of aliphatic carboxylic acids is 1. The average Bonchev–Trinajstić information content (AvgIpc) is 2.11. The molecule has 0 radical (unpaired) electrons. The van der Waals surface area contributed by atoms with Gasteiger partial charge in [-0.05, 0) is 17.7 Å². The minimum atomic E-state index is -1.02. The monoisotopic (exact) mass is 228 g/mol. The zero-order chi connectivity index (χ0) is 12.5. The summed E-state index contributed by atoms with van der Waals surface area (Å²) in [7, 11) is 0. The first-order valence-electron chi connectivity index (χ1n) is 4.68. The minimum absolute atomic E-state index is 0.198. The Labute approximate surface area is 92.0 Å².